The van der Waals surface area contributed by atoms with Gasteiger partial charge in [0.25, 0.3) is 0 Å². The van der Waals surface area contributed by atoms with E-state index in [2.05, 4.69) is 17.2 Å². The van der Waals surface area contributed by atoms with Crippen molar-refractivity contribution >= 4 is 16.9 Å². The molecule has 1 unspecified atom stereocenters. The predicted molar refractivity (Wildman–Crippen MR) is 47.9 cm³/mol. The fourth-order valence-electron chi connectivity index (χ4n) is 0.892. The molecule has 0 spiro atoms. The van der Waals surface area contributed by atoms with Crippen LogP contribution in [0.25, 0.3) is 0 Å². The van der Waals surface area contributed by atoms with Crippen LogP contribution in [0.15, 0.2) is 4.99 Å². The van der Waals surface area contributed by atoms with Crippen molar-refractivity contribution in [1.29, 1.82) is 0 Å². The Morgan fingerprint density at radius 3 is 3.18 bits per heavy atom. The highest BCUT2D eigenvalue weighted by atomic mass is 32.2. The average molecular weight is 176 g/mol. The quantitative estimate of drug-likeness (QED) is 0.703. The number of aliphatic imine (C=N–C) groups is 1. The zero-order valence-electron chi connectivity index (χ0n) is 6.64. The van der Waals surface area contributed by atoms with E-state index in [0.29, 0.717) is 12.6 Å². The molecule has 0 aromatic carbocycles. The van der Waals surface area contributed by atoms with Crippen LogP contribution >= 0.6 is 11.8 Å². The lowest BCUT2D eigenvalue weighted by Gasteiger charge is -2.03. The number of hydrogen-bond acceptors (Lipinski definition) is 2. The zero-order chi connectivity index (χ0) is 8.10. The van der Waals surface area contributed by atoms with Gasteiger partial charge in [0.1, 0.15) is 6.67 Å². The number of hydrogen-bond donors (Lipinski definition) is 1. The lowest BCUT2D eigenvalue weighted by atomic mass is 10.3. The average Bonchev–Trinajstić information content (AvgIpc) is 2.48. The molecule has 0 aromatic rings. The van der Waals surface area contributed by atoms with Gasteiger partial charge in [0.05, 0.1) is 6.54 Å². The third kappa shape index (κ3) is 2.69. The molecule has 0 aromatic heterocycles. The second-order valence-electron chi connectivity index (χ2n) is 2.44. The van der Waals surface area contributed by atoms with Gasteiger partial charge in [-0.2, -0.15) is 0 Å². The molecule has 1 rings (SSSR count). The van der Waals surface area contributed by atoms with E-state index >= 15 is 0 Å². The molecule has 64 valence electrons. The maximum atomic E-state index is 11.7. The molecule has 0 radical (unpaired) electrons. The zero-order valence-corrected chi connectivity index (χ0v) is 7.46. The summed E-state index contributed by atoms with van der Waals surface area (Å²) < 4.78 is 11.7. The molecule has 1 aliphatic rings. The highest BCUT2D eigenvalue weighted by Gasteiger charge is 2.17. The first-order valence-electron chi connectivity index (χ1n) is 3.86. The van der Waals surface area contributed by atoms with Gasteiger partial charge in [-0.3, -0.25) is 4.99 Å². The number of nitrogens with one attached hydrogen (secondary N) is 1. The van der Waals surface area contributed by atoms with Crippen molar-refractivity contribution in [1.82, 2.24) is 5.32 Å². The smallest absolute Gasteiger partial charge is 0.156 e. The molecule has 1 aliphatic heterocycles. The molecule has 0 amide bonds. The van der Waals surface area contributed by atoms with Gasteiger partial charge in [-0.05, 0) is 6.42 Å². The second kappa shape index (κ2) is 4.59. The van der Waals surface area contributed by atoms with Crippen molar-refractivity contribution in [3.63, 3.8) is 0 Å². The predicted octanol–water partition coefficient (Wildman–Crippen LogP) is 1.43. The number of amidine groups is 1. The Hall–Kier alpha value is -0.250. The topological polar surface area (TPSA) is 24.4 Å². The lowest BCUT2D eigenvalue weighted by Crippen LogP contribution is -2.25. The van der Waals surface area contributed by atoms with E-state index in [1.807, 2.05) is 0 Å². The Morgan fingerprint density at radius 1 is 1.82 bits per heavy atom. The van der Waals surface area contributed by atoms with Gasteiger partial charge in [0, 0.05) is 11.8 Å². The van der Waals surface area contributed by atoms with Crippen LogP contribution in [0.5, 0.6) is 0 Å². The van der Waals surface area contributed by atoms with Gasteiger partial charge in [-0.15, -0.1) is 0 Å². The largest absolute Gasteiger partial charge is 0.361 e. The maximum Gasteiger partial charge on any atom is 0.156 e. The van der Waals surface area contributed by atoms with Crippen molar-refractivity contribution in [2.24, 2.45) is 4.99 Å². The summed E-state index contributed by atoms with van der Waals surface area (Å²) in [7, 11) is 0. The molecule has 4 heteroatoms. The summed E-state index contributed by atoms with van der Waals surface area (Å²) >= 11 is 1.69. The Morgan fingerprint density at radius 2 is 2.64 bits per heavy atom. The summed E-state index contributed by atoms with van der Waals surface area (Å²) in [4.78, 5) is 4.03. The summed E-state index contributed by atoms with van der Waals surface area (Å²) in [5.74, 6) is 1.07. The maximum absolute atomic E-state index is 11.7. The van der Waals surface area contributed by atoms with E-state index in [0.717, 1.165) is 17.3 Å². The number of rotatable bonds is 3. The van der Waals surface area contributed by atoms with E-state index in [-0.39, 0.29) is 6.67 Å². The van der Waals surface area contributed by atoms with Crippen molar-refractivity contribution in [3.05, 3.63) is 0 Å². The first kappa shape index (κ1) is 8.84. The molecule has 1 heterocycles. The number of nitrogens with zero attached hydrogens (tertiary/aromatic N) is 1. The Bertz CT molecular complexity index is 149. The van der Waals surface area contributed by atoms with Crippen LogP contribution < -0.4 is 5.32 Å². The van der Waals surface area contributed by atoms with Crippen LogP contribution in [0.3, 0.4) is 0 Å². The van der Waals surface area contributed by atoms with E-state index in [4.69, 9.17) is 0 Å². The van der Waals surface area contributed by atoms with Gasteiger partial charge in [-0.25, -0.2) is 4.39 Å². The van der Waals surface area contributed by atoms with Crippen molar-refractivity contribution in [3.8, 4) is 0 Å². The third-order valence-corrected chi connectivity index (χ3v) is 2.67. The Balaban J connectivity index is 2.28. The van der Waals surface area contributed by atoms with Crippen molar-refractivity contribution in [2.75, 3.05) is 19.0 Å². The van der Waals surface area contributed by atoms with Gasteiger partial charge < -0.3 is 5.32 Å². The molecule has 0 saturated carbocycles. The van der Waals surface area contributed by atoms with Crippen LogP contribution in [-0.2, 0) is 0 Å². The SMILES string of the molecule is CCC1CSC(=NCCF)N1. The monoisotopic (exact) mass is 176 g/mol. The number of alkyl halides is 1. The van der Waals surface area contributed by atoms with E-state index in [1.165, 1.54) is 0 Å². The first-order valence-corrected chi connectivity index (χ1v) is 4.85. The summed E-state index contributed by atoms with van der Waals surface area (Å²) in [5.41, 5.74) is 0. The summed E-state index contributed by atoms with van der Waals surface area (Å²) in [6.07, 6.45) is 1.11. The van der Waals surface area contributed by atoms with Gasteiger partial charge in [0.15, 0.2) is 5.17 Å². The van der Waals surface area contributed by atoms with Crippen LogP contribution in [0, 0.1) is 0 Å². The molecule has 11 heavy (non-hydrogen) atoms. The highest BCUT2D eigenvalue weighted by Crippen LogP contribution is 2.15. The fraction of sp³-hybridized carbons (Fsp3) is 0.857. The van der Waals surface area contributed by atoms with E-state index in [9.17, 15) is 4.39 Å². The minimum absolute atomic E-state index is 0.297. The molecular formula is C7H13FN2S. The molecule has 0 bridgehead atoms. The fourth-order valence-corrected chi connectivity index (χ4v) is 2.00. The van der Waals surface area contributed by atoms with Crippen molar-refractivity contribution in [2.45, 2.75) is 19.4 Å². The van der Waals surface area contributed by atoms with Crippen LogP contribution in [0.1, 0.15) is 13.3 Å². The number of thioether (sulfide) groups is 1. The van der Waals surface area contributed by atoms with Gasteiger partial charge in [-0.1, -0.05) is 18.7 Å². The van der Waals surface area contributed by atoms with Crippen LogP contribution in [0.2, 0.25) is 0 Å². The summed E-state index contributed by atoms with van der Waals surface area (Å²) in [6, 6.07) is 0.540. The molecule has 1 fully saturated rings. The molecule has 1 N–H and O–H groups in total. The van der Waals surface area contributed by atoms with Gasteiger partial charge in [0.2, 0.25) is 0 Å². The molecule has 0 aliphatic carbocycles. The minimum atomic E-state index is -0.359. The minimum Gasteiger partial charge on any atom is -0.361 e. The van der Waals surface area contributed by atoms with Crippen molar-refractivity contribution < 1.29 is 4.39 Å². The Labute approximate surface area is 70.7 Å². The van der Waals surface area contributed by atoms with E-state index < -0.39 is 0 Å². The normalized spacial score (nSPS) is 27.5. The lowest BCUT2D eigenvalue weighted by molar-refractivity contribution is 0.504. The van der Waals surface area contributed by atoms with Crippen LogP contribution in [-0.4, -0.2) is 30.2 Å². The molecule has 1 saturated heterocycles. The molecule has 2 nitrogen and oxygen atoms in total. The highest BCUT2D eigenvalue weighted by molar-refractivity contribution is 8.14. The number of halogens is 1. The van der Waals surface area contributed by atoms with E-state index in [1.54, 1.807) is 11.8 Å². The Kier molecular flexibility index (Phi) is 3.69. The summed E-state index contributed by atoms with van der Waals surface area (Å²) in [5, 5.41) is 4.13. The van der Waals surface area contributed by atoms with Gasteiger partial charge >= 0.3 is 0 Å². The van der Waals surface area contributed by atoms with Crippen LogP contribution in [0.4, 0.5) is 4.39 Å². The molecule has 1 atom stereocenters. The first-order chi connectivity index (χ1) is 5.36. The third-order valence-electron chi connectivity index (χ3n) is 1.58. The molecular weight excluding hydrogens is 163 g/mol. The summed E-state index contributed by atoms with van der Waals surface area (Å²) in [6.45, 7) is 2.07. The standard InChI is InChI=1S/C7H13FN2S/c1-2-6-5-11-7(10-6)9-4-3-8/h6H,2-5H2,1H3,(H,9,10). The second-order valence-corrected chi connectivity index (χ2v) is 3.45.